The third-order valence-corrected chi connectivity index (χ3v) is 5.08. The molecular formula is C25H20N2O3. The van der Waals surface area contributed by atoms with Crippen molar-refractivity contribution < 1.29 is 14.3 Å². The maximum absolute atomic E-state index is 12.7. The Morgan fingerprint density at radius 1 is 0.967 bits per heavy atom. The van der Waals surface area contributed by atoms with E-state index in [9.17, 15) is 9.59 Å². The first kappa shape index (κ1) is 19.4. The number of fused-ring (bicyclic) bond motifs is 2. The van der Waals surface area contributed by atoms with Gasteiger partial charge in [-0.25, -0.2) is 0 Å². The van der Waals surface area contributed by atoms with Crippen LogP contribution in [-0.2, 0) is 22.5 Å². The van der Waals surface area contributed by atoms with E-state index in [0.29, 0.717) is 18.5 Å². The molecule has 0 unspecified atom stereocenters. The molecule has 30 heavy (non-hydrogen) atoms. The van der Waals surface area contributed by atoms with Crippen molar-refractivity contribution in [2.24, 2.45) is 0 Å². The number of benzene rings is 3. The van der Waals surface area contributed by atoms with Gasteiger partial charge in [0.2, 0.25) is 5.78 Å². The molecule has 0 radical (unpaired) electrons. The molecule has 4 aromatic rings. The fourth-order valence-electron chi connectivity index (χ4n) is 3.61. The number of ether oxygens (including phenoxy) is 1. The van der Waals surface area contributed by atoms with Gasteiger partial charge in [-0.3, -0.25) is 9.59 Å². The van der Waals surface area contributed by atoms with Gasteiger partial charge in [-0.1, -0.05) is 60.7 Å². The summed E-state index contributed by atoms with van der Waals surface area (Å²) in [5.41, 5.74) is 2.24. The van der Waals surface area contributed by atoms with Crippen molar-refractivity contribution in [3.63, 3.8) is 0 Å². The molecule has 1 heterocycles. The monoisotopic (exact) mass is 396 g/mol. The van der Waals surface area contributed by atoms with E-state index in [1.807, 2.05) is 71.3 Å². The van der Waals surface area contributed by atoms with Gasteiger partial charge in [0, 0.05) is 29.2 Å². The van der Waals surface area contributed by atoms with E-state index < -0.39 is 5.97 Å². The number of carbonyl (C=O) groups excluding carboxylic acids is 2. The molecule has 1 aromatic heterocycles. The number of aromatic nitrogens is 1. The molecule has 0 aliphatic carbocycles. The standard InChI is InChI=1S/C25H20N2O3/c26-12-5-13-27-16-22(21-8-3-4-9-23(21)27)24(28)17-30-25(29)15-18-10-11-19-6-1-2-7-20(19)14-18/h1-4,6-11,14,16H,5,13,15,17H2. The molecule has 0 aliphatic rings. The number of rotatable bonds is 7. The smallest absolute Gasteiger partial charge is 0.310 e. The Bertz CT molecular complexity index is 1280. The maximum Gasteiger partial charge on any atom is 0.310 e. The molecule has 4 rings (SSSR count). The molecule has 5 heteroatoms. The molecule has 0 spiro atoms. The van der Waals surface area contributed by atoms with Crippen LogP contribution in [0.15, 0.2) is 72.9 Å². The van der Waals surface area contributed by atoms with E-state index in [2.05, 4.69) is 6.07 Å². The predicted molar refractivity (Wildman–Crippen MR) is 115 cm³/mol. The van der Waals surface area contributed by atoms with Gasteiger partial charge in [0.15, 0.2) is 6.61 Å². The molecule has 148 valence electrons. The second kappa shape index (κ2) is 8.62. The molecule has 0 saturated carbocycles. The quantitative estimate of drug-likeness (QED) is 0.336. The number of nitrogens with zero attached hydrogens (tertiary/aromatic N) is 2. The Balaban J connectivity index is 1.44. The van der Waals surface area contributed by atoms with E-state index in [-0.39, 0.29) is 18.8 Å². The summed E-state index contributed by atoms with van der Waals surface area (Å²) in [5.74, 6) is -0.694. The molecule has 0 atom stereocenters. The number of esters is 1. The summed E-state index contributed by atoms with van der Waals surface area (Å²) in [6, 6.07) is 23.4. The van der Waals surface area contributed by atoms with Crippen molar-refractivity contribution in [1.29, 1.82) is 5.26 Å². The highest BCUT2D eigenvalue weighted by molar-refractivity contribution is 6.09. The summed E-state index contributed by atoms with van der Waals surface area (Å²) in [4.78, 5) is 25.0. The lowest BCUT2D eigenvalue weighted by Crippen LogP contribution is -2.15. The van der Waals surface area contributed by atoms with E-state index in [0.717, 1.165) is 27.2 Å². The molecule has 0 saturated heterocycles. The lowest BCUT2D eigenvalue weighted by Gasteiger charge is -2.05. The van der Waals surface area contributed by atoms with E-state index in [1.165, 1.54) is 0 Å². The Morgan fingerprint density at radius 2 is 1.73 bits per heavy atom. The van der Waals surface area contributed by atoms with Gasteiger partial charge < -0.3 is 9.30 Å². The van der Waals surface area contributed by atoms with Crippen LogP contribution in [0, 0.1) is 11.3 Å². The van der Waals surface area contributed by atoms with Gasteiger partial charge in [-0.2, -0.15) is 5.26 Å². The van der Waals surface area contributed by atoms with Crippen molar-refractivity contribution in [2.75, 3.05) is 6.61 Å². The van der Waals surface area contributed by atoms with E-state index in [4.69, 9.17) is 10.00 Å². The first-order valence-electron chi connectivity index (χ1n) is 9.77. The number of Topliss-reactive ketones (excluding diaryl/α,β-unsaturated/α-hetero) is 1. The second-order valence-corrected chi connectivity index (χ2v) is 7.10. The van der Waals surface area contributed by atoms with Crippen molar-refractivity contribution in [3.8, 4) is 6.07 Å². The number of nitriles is 1. The molecule has 0 fully saturated rings. The van der Waals surface area contributed by atoms with Crippen LogP contribution in [0.2, 0.25) is 0 Å². The average Bonchev–Trinajstić information content (AvgIpc) is 3.15. The molecular weight excluding hydrogens is 376 g/mol. The Labute approximate surface area is 174 Å². The fraction of sp³-hybridized carbons (Fsp3) is 0.160. The van der Waals surface area contributed by atoms with Crippen LogP contribution in [0.1, 0.15) is 22.3 Å². The van der Waals surface area contributed by atoms with Crippen LogP contribution in [-0.4, -0.2) is 22.9 Å². The number of aryl methyl sites for hydroxylation is 1. The van der Waals surface area contributed by atoms with Crippen molar-refractivity contribution >= 4 is 33.4 Å². The summed E-state index contributed by atoms with van der Waals surface area (Å²) >= 11 is 0. The number of carbonyl (C=O) groups is 2. The largest absolute Gasteiger partial charge is 0.457 e. The third-order valence-electron chi connectivity index (χ3n) is 5.08. The first-order chi connectivity index (χ1) is 14.7. The lowest BCUT2D eigenvalue weighted by molar-refractivity contribution is -0.141. The number of hydrogen-bond donors (Lipinski definition) is 0. The highest BCUT2D eigenvalue weighted by Crippen LogP contribution is 2.22. The summed E-state index contributed by atoms with van der Waals surface area (Å²) in [6.45, 7) is 0.199. The summed E-state index contributed by atoms with van der Waals surface area (Å²) in [5, 5.41) is 11.8. The molecule has 3 aromatic carbocycles. The minimum atomic E-state index is -0.438. The Hall–Kier alpha value is -3.91. The Kier molecular flexibility index (Phi) is 5.58. The van der Waals surface area contributed by atoms with Crippen molar-refractivity contribution in [2.45, 2.75) is 19.4 Å². The van der Waals surface area contributed by atoms with Crippen LogP contribution in [0.25, 0.3) is 21.7 Å². The minimum absolute atomic E-state index is 0.113. The van der Waals surface area contributed by atoms with Gasteiger partial charge >= 0.3 is 5.97 Å². The number of hydrogen-bond acceptors (Lipinski definition) is 4. The summed E-state index contributed by atoms with van der Waals surface area (Å²) in [7, 11) is 0. The SMILES string of the molecule is N#CCCn1cc(C(=O)COC(=O)Cc2ccc3ccccc3c2)c2ccccc21. The zero-order valence-electron chi connectivity index (χ0n) is 16.4. The highest BCUT2D eigenvalue weighted by Gasteiger charge is 2.17. The van der Waals surface area contributed by atoms with Gasteiger partial charge in [0.1, 0.15) is 0 Å². The molecule has 0 N–H and O–H groups in total. The van der Waals surface area contributed by atoms with Gasteiger partial charge in [-0.15, -0.1) is 0 Å². The van der Waals surface area contributed by atoms with Crippen molar-refractivity contribution in [3.05, 3.63) is 84.1 Å². The zero-order valence-corrected chi connectivity index (χ0v) is 16.4. The normalized spacial score (nSPS) is 10.8. The minimum Gasteiger partial charge on any atom is -0.457 e. The first-order valence-corrected chi connectivity index (χ1v) is 9.77. The lowest BCUT2D eigenvalue weighted by atomic mass is 10.1. The number of ketones is 1. The Morgan fingerprint density at radius 3 is 2.57 bits per heavy atom. The molecule has 0 amide bonds. The molecule has 5 nitrogen and oxygen atoms in total. The summed E-state index contributed by atoms with van der Waals surface area (Å²) in [6.07, 6.45) is 2.20. The summed E-state index contributed by atoms with van der Waals surface area (Å²) < 4.78 is 7.16. The van der Waals surface area contributed by atoms with E-state index >= 15 is 0 Å². The maximum atomic E-state index is 12.7. The van der Waals surface area contributed by atoms with Gasteiger partial charge in [0.05, 0.1) is 18.9 Å². The van der Waals surface area contributed by atoms with Crippen LogP contribution in [0.5, 0.6) is 0 Å². The third kappa shape index (κ3) is 4.08. The van der Waals surface area contributed by atoms with Gasteiger partial charge in [-0.05, 0) is 22.4 Å². The van der Waals surface area contributed by atoms with Crippen LogP contribution in [0.3, 0.4) is 0 Å². The van der Waals surface area contributed by atoms with Crippen LogP contribution in [0.4, 0.5) is 0 Å². The van der Waals surface area contributed by atoms with Crippen LogP contribution >= 0.6 is 0 Å². The van der Waals surface area contributed by atoms with Crippen molar-refractivity contribution in [1.82, 2.24) is 4.57 Å². The van der Waals surface area contributed by atoms with Crippen LogP contribution < -0.4 is 0 Å². The average molecular weight is 396 g/mol. The highest BCUT2D eigenvalue weighted by atomic mass is 16.5. The second-order valence-electron chi connectivity index (χ2n) is 7.10. The number of para-hydroxylation sites is 1. The van der Waals surface area contributed by atoms with E-state index in [1.54, 1.807) is 6.20 Å². The molecule has 0 aliphatic heterocycles. The topological polar surface area (TPSA) is 72.1 Å². The molecule has 0 bridgehead atoms. The zero-order chi connectivity index (χ0) is 20.9. The van der Waals surface area contributed by atoms with Gasteiger partial charge in [0.25, 0.3) is 0 Å². The predicted octanol–water partition coefficient (Wildman–Crippen LogP) is 4.68. The fourth-order valence-corrected chi connectivity index (χ4v) is 3.61.